The van der Waals surface area contributed by atoms with Gasteiger partial charge in [0.25, 0.3) is 0 Å². The minimum atomic E-state index is -0.352. The first-order valence-electron chi connectivity index (χ1n) is 47.4. The van der Waals surface area contributed by atoms with Crippen molar-refractivity contribution in [2.75, 3.05) is 26.4 Å². The molecule has 29 heteroatoms. The largest absolute Gasteiger partial charge is 0.450 e. The van der Waals surface area contributed by atoms with Gasteiger partial charge < -0.3 is 44.7 Å². The lowest BCUT2D eigenvalue weighted by Crippen LogP contribution is -2.44. The smallest absolute Gasteiger partial charge is 0.407 e. The van der Waals surface area contributed by atoms with Gasteiger partial charge in [0.1, 0.15) is 29.0 Å². The predicted octanol–water partition coefficient (Wildman–Crippen LogP) is 23.8. The van der Waals surface area contributed by atoms with Crippen LogP contribution in [0.1, 0.15) is 196 Å². The number of ether oxygens (including phenoxy) is 4. The molecule has 8 aliphatic carbocycles. The van der Waals surface area contributed by atoms with Gasteiger partial charge in [0.15, 0.2) is 5.76 Å². The summed E-state index contributed by atoms with van der Waals surface area (Å²) in [6.07, 6.45) is 40.4. The van der Waals surface area contributed by atoms with Gasteiger partial charge in [-0.25, -0.2) is 41.1 Å². The molecular formula is C107H111F4N13O9S3. The molecule has 136 heavy (non-hydrogen) atoms. The van der Waals surface area contributed by atoms with Crippen LogP contribution in [-0.2, 0) is 44.6 Å². The van der Waals surface area contributed by atoms with Gasteiger partial charge in [-0.05, 0) is 348 Å². The zero-order valence-electron chi connectivity index (χ0n) is 76.3. The molecule has 0 saturated heterocycles. The van der Waals surface area contributed by atoms with Gasteiger partial charge in [-0.2, -0.15) is 8.75 Å². The second kappa shape index (κ2) is 45.3. The van der Waals surface area contributed by atoms with Gasteiger partial charge in [-0.1, -0.05) is 97.1 Å². The van der Waals surface area contributed by atoms with Crippen LogP contribution >= 0.6 is 34.6 Å². The average Bonchev–Trinajstić information content (AvgIpc) is 1.55. The lowest BCUT2D eigenvalue weighted by molar-refractivity contribution is 0.124. The fourth-order valence-electron chi connectivity index (χ4n) is 21.6. The molecule has 704 valence electrons. The minimum absolute atomic E-state index is 0.0528. The molecule has 8 aliphatic rings. The summed E-state index contributed by atoms with van der Waals surface area (Å²) in [5, 5.41) is 24.5. The number of hydrogen-bond donors (Lipinski definition) is 4. The van der Waals surface area contributed by atoms with Crippen molar-refractivity contribution in [3.8, 4) is 44.5 Å². The maximum atomic E-state index is 13.5. The maximum absolute atomic E-state index is 13.5. The Morgan fingerprint density at radius 1 is 0.390 bits per heavy atom. The first-order valence-corrected chi connectivity index (χ1v) is 49.8. The predicted molar refractivity (Wildman–Crippen MR) is 520 cm³/mol. The van der Waals surface area contributed by atoms with Crippen molar-refractivity contribution in [2.24, 2.45) is 47.3 Å². The van der Waals surface area contributed by atoms with Crippen molar-refractivity contribution in [3.63, 3.8) is 0 Å². The monoisotopic (exact) mass is 1890 g/mol. The van der Waals surface area contributed by atoms with Crippen LogP contribution < -0.4 is 21.3 Å². The molecule has 22 nitrogen and oxygen atoms in total. The Labute approximate surface area is 801 Å². The summed E-state index contributed by atoms with van der Waals surface area (Å²) < 4.78 is 93.9. The second-order valence-corrected chi connectivity index (χ2v) is 38.3. The number of pyridine rings is 4. The van der Waals surface area contributed by atoms with Crippen molar-refractivity contribution in [3.05, 3.63) is 302 Å². The number of amides is 4. The highest BCUT2D eigenvalue weighted by molar-refractivity contribution is 7.06. The molecule has 0 bridgehead atoms. The zero-order chi connectivity index (χ0) is 94.0. The summed E-state index contributed by atoms with van der Waals surface area (Å²) in [7, 11) is 0. The zero-order valence-corrected chi connectivity index (χ0v) is 78.8. The third-order valence-electron chi connectivity index (χ3n) is 27.8. The number of halogens is 4. The molecule has 4 N–H and O–H groups in total. The summed E-state index contributed by atoms with van der Waals surface area (Å²) in [4.78, 5) is 67.3. The first-order chi connectivity index (χ1) is 66.4. The number of carbonyl (C=O) groups excluding carboxylic acids is 4. The normalized spacial score (nSPS) is 23.8. The number of aromatic nitrogens is 9. The van der Waals surface area contributed by atoms with E-state index in [1.54, 1.807) is 67.5 Å². The number of nitrogens with one attached hydrogen (secondary N) is 4. The molecule has 0 radical (unpaired) electrons. The van der Waals surface area contributed by atoms with Crippen LogP contribution in [0.4, 0.5) is 36.7 Å². The van der Waals surface area contributed by atoms with Crippen LogP contribution in [0.5, 0.6) is 0 Å². The average molecular weight is 1900 g/mol. The first kappa shape index (κ1) is 95.0. The number of carbonyl (C=O) groups is 4. The third-order valence-corrected chi connectivity index (χ3v) is 30.2. The Hall–Kier alpha value is -12.7. The highest BCUT2D eigenvalue weighted by Gasteiger charge is 2.46. The molecule has 8 heterocycles. The van der Waals surface area contributed by atoms with Gasteiger partial charge in [-0.3, -0.25) is 19.9 Å². The van der Waals surface area contributed by atoms with Crippen LogP contribution in [0.2, 0.25) is 0 Å². The number of nitrogens with zero attached hydrogens (tertiary/aromatic N) is 9. The summed E-state index contributed by atoms with van der Waals surface area (Å²) in [6.45, 7) is 8.80. The summed E-state index contributed by atoms with van der Waals surface area (Å²) >= 11 is 4.65. The van der Waals surface area contributed by atoms with Gasteiger partial charge >= 0.3 is 24.4 Å². The molecule has 0 unspecified atom stereocenters. The molecule has 4 amide bonds. The number of allylic oxidation sites excluding steroid dienone is 4. The lowest BCUT2D eigenvalue weighted by atomic mass is 9.64. The molecule has 0 aliphatic heterocycles. The Morgan fingerprint density at radius 3 is 1.15 bits per heavy atom. The molecule has 12 aromatic rings. The SMILES string of the molecule is CCOC(=O)N[C@@H]1CC[C@@H]2[C@H](Cc3cnsc3[C@H]2/C=C/c2ccc(-c3cccc(F)c3)cn2)C1.CCOC(=O)N[C@@H]1CC[C@@H]2[C@H](Cc3csnc3[C@H]2/C=C/c2ccc(-c3cccc(F)c3)cn2)C1.CCOC(=O)N[C@@H]1CC[C@@H]2[C@H](Cc3nnoc3[C@H]2/C=C/c2ccc(-c3cccc(F)c3)cn2)C1.CCOC(=O)N[C@@H]1CC[C@@H]2[C@H](Cc3nscc3[C@H]2/C=C/c2ccc(-c3cccc(F)c3)cn2)C1. The molecule has 4 saturated carbocycles. The Kier molecular flexibility index (Phi) is 31.6. The van der Waals surface area contributed by atoms with Crippen molar-refractivity contribution >= 4 is 83.3 Å². The Bertz CT molecular complexity index is 5450. The van der Waals surface area contributed by atoms with Crippen molar-refractivity contribution in [1.29, 1.82) is 0 Å². The Balaban J connectivity index is 0.000000126. The molecule has 20 rings (SSSR count). The molecule has 16 atom stereocenters. The minimum Gasteiger partial charge on any atom is -0.450 e. The Morgan fingerprint density at radius 2 is 0.750 bits per heavy atom. The van der Waals surface area contributed by atoms with E-state index in [1.807, 2.05) is 106 Å². The highest BCUT2D eigenvalue weighted by Crippen LogP contribution is 2.53. The van der Waals surface area contributed by atoms with E-state index in [0.717, 1.165) is 181 Å². The van der Waals surface area contributed by atoms with Gasteiger partial charge in [-0.15, -0.1) is 5.10 Å². The van der Waals surface area contributed by atoms with E-state index in [4.69, 9.17) is 27.8 Å². The van der Waals surface area contributed by atoms with Gasteiger partial charge in [0.2, 0.25) is 0 Å². The molecule has 4 aromatic carbocycles. The van der Waals surface area contributed by atoms with Crippen molar-refractivity contribution < 1.29 is 60.2 Å². The van der Waals surface area contributed by atoms with E-state index in [-0.39, 0.29) is 83.6 Å². The van der Waals surface area contributed by atoms with Gasteiger partial charge in [0, 0.05) is 122 Å². The summed E-state index contributed by atoms with van der Waals surface area (Å²) in [5.41, 5.74) is 17.5. The van der Waals surface area contributed by atoms with E-state index in [2.05, 4.69) is 114 Å². The fraction of sp³-hybridized carbons (Fsp3) is 0.374. The maximum Gasteiger partial charge on any atom is 0.407 e. The number of fused-ring (bicyclic) bond motifs is 8. The summed E-state index contributed by atoms with van der Waals surface area (Å²) in [5.74, 6) is 4.48. The number of benzene rings is 4. The lowest BCUT2D eigenvalue weighted by Gasteiger charge is -2.42. The van der Waals surface area contributed by atoms with Crippen LogP contribution in [-0.4, -0.2) is 118 Å². The fourth-order valence-corrected chi connectivity index (χ4v) is 24.0. The van der Waals surface area contributed by atoms with E-state index >= 15 is 0 Å². The van der Waals surface area contributed by atoms with E-state index in [9.17, 15) is 36.7 Å². The van der Waals surface area contributed by atoms with Gasteiger partial charge in [0.05, 0.1) is 60.6 Å². The number of alkyl carbamates (subject to hydrolysis) is 4. The van der Waals surface area contributed by atoms with Crippen molar-refractivity contribution in [2.45, 2.75) is 178 Å². The molecular weight excluding hydrogens is 1780 g/mol. The topological polar surface area (TPSA) is 282 Å². The number of rotatable bonds is 20. The molecule has 8 aromatic heterocycles. The van der Waals surface area contributed by atoms with Crippen molar-refractivity contribution in [1.82, 2.24) is 64.7 Å². The molecule has 0 spiro atoms. The third kappa shape index (κ3) is 23.8. The second-order valence-electron chi connectivity index (χ2n) is 36.2. The summed E-state index contributed by atoms with van der Waals surface area (Å²) in [6, 6.07) is 42.5. The molecule has 4 fully saturated rings. The van der Waals surface area contributed by atoms with E-state index in [0.29, 0.717) is 85.6 Å². The number of hydrogen-bond acceptors (Lipinski definition) is 21. The standard InChI is InChI=1S/3C27H28FN3O2S.C26H27FN4O3/c1-2-33-27(32)30-23-9-10-24-19(14-23)12-20-16-34-31-26(20)25(24)11-8-22-7-6-18(15-29-22)17-4-3-5-21(28)13-17;1-2-33-27(32)31-23-9-10-24-19(14-23)12-20-16-30-34-26(20)25(24)11-8-22-7-6-18(15-29-22)17-4-3-5-21(28)13-17;1-2-33-27(32)30-22-9-10-23-19(13-22)14-26-25(16-34-31-26)24(23)11-8-21-7-6-18(15-29-21)17-4-3-5-20(28)12-17;1-2-33-26(32)29-21-9-10-22-18(13-21)14-24-25(34-31-30-24)23(22)11-8-20-7-6-17(15-28-20)16-4-3-5-19(27)12-16/h3-8,11,13,15-16,19,23-25H,2,9-10,12,14H2,1H3,(H,30,32);3-8,11,13,15-16,19,23-25H,2,9-10,12,14H2,1H3,(H,31,32);3-8,11-12,15-16,19,22-24H,2,9-10,13-14H2,1H3,(H,30,32);3-8,11-12,15,18,21-23H,2,9-10,13-14H2,1H3,(H,29,32)/b4*11-8+/t2*19-,23-,24-,25+;19-,22+,23+,24-;18-,21+,22+,23-/m1100/s1. The van der Waals surface area contributed by atoms with Crippen LogP contribution in [0, 0.1) is 70.6 Å². The van der Waals surface area contributed by atoms with Crippen LogP contribution in [0.25, 0.3) is 68.8 Å². The van der Waals surface area contributed by atoms with Crippen LogP contribution in [0.15, 0.2) is 216 Å². The quantitative estimate of drug-likeness (QED) is 0.0407. The highest BCUT2D eigenvalue weighted by atomic mass is 32.1. The van der Waals surface area contributed by atoms with E-state index < -0.39 is 0 Å². The van der Waals surface area contributed by atoms with E-state index in [1.165, 1.54) is 105 Å². The van der Waals surface area contributed by atoms with Crippen LogP contribution in [0.3, 0.4) is 0 Å².